The molecule has 0 unspecified atom stereocenters. The maximum atomic E-state index is 13.0. The van der Waals surface area contributed by atoms with Crippen molar-refractivity contribution in [2.24, 2.45) is 5.92 Å². The van der Waals surface area contributed by atoms with Gasteiger partial charge in [-0.2, -0.15) is 0 Å². The highest BCUT2D eigenvalue weighted by Crippen LogP contribution is 2.35. The van der Waals surface area contributed by atoms with Crippen LogP contribution in [0.3, 0.4) is 0 Å². The summed E-state index contributed by atoms with van der Waals surface area (Å²) in [6.07, 6.45) is 5.59. The zero-order valence-corrected chi connectivity index (χ0v) is 12.4. The number of hydrogen-bond acceptors (Lipinski definition) is 1. The van der Waals surface area contributed by atoms with Crippen molar-refractivity contribution in [3.63, 3.8) is 0 Å². The molecule has 0 atom stereocenters. The van der Waals surface area contributed by atoms with Gasteiger partial charge in [-0.1, -0.05) is 30.9 Å². The quantitative estimate of drug-likeness (QED) is 0.768. The van der Waals surface area contributed by atoms with Gasteiger partial charge < -0.3 is 4.57 Å². The molecule has 0 radical (unpaired) electrons. The Morgan fingerprint density at radius 2 is 2.05 bits per heavy atom. The Balaban J connectivity index is 1.98. The van der Waals surface area contributed by atoms with Crippen molar-refractivity contribution >= 4 is 10.8 Å². The zero-order valence-electron chi connectivity index (χ0n) is 12.4. The SMILES string of the molecule is CCc1cc2cccc(C#CC3CC3)c2c(=O)n1C1CC1. The molecule has 2 heteroatoms. The number of nitrogens with zero attached hydrogens (tertiary/aromatic N) is 1. The topological polar surface area (TPSA) is 22.0 Å². The fourth-order valence-electron chi connectivity index (χ4n) is 2.95. The summed E-state index contributed by atoms with van der Waals surface area (Å²) in [4.78, 5) is 13.0. The van der Waals surface area contributed by atoms with Gasteiger partial charge in [0.05, 0.1) is 5.39 Å². The van der Waals surface area contributed by atoms with E-state index >= 15 is 0 Å². The van der Waals surface area contributed by atoms with Gasteiger partial charge in [-0.3, -0.25) is 4.79 Å². The molecular weight excluding hydrogens is 258 g/mol. The molecule has 2 fully saturated rings. The Labute approximate surface area is 124 Å². The smallest absolute Gasteiger partial charge is 0.260 e. The van der Waals surface area contributed by atoms with Crippen molar-refractivity contribution < 1.29 is 0 Å². The van der Waals surface area contributed by atoms with Gasteiger partial charge in [0.1, 0.15) is 0 Å². The fraction of sp³-hybridized carbons (Fsp3) is 0.421. The molecule has 2 nitrogen and oxygen atoms in total. The lowest BCUT2D eigenvalue weighted by molar-refractivity contribution is 0.670. The molecule has 2 aromatic rings. The van der Waals surface area contributed by atoms with Crippen LogP contribution >= 0.6 is 0 Å². The van der Waals surface area contributed by atoms with Crippen molar-refractivity contribution in [2.45, 2.75) is 45.1 Å². The zero-order chi connectivity index (χ0) is 14.4. The first kappa shape index (κ1) is 12.7. The number of pyridine rings is 1. The van der Waals surface area contributed by atoms with E-state index in [9.17, 15) is 4.79 Å². The van der Waals surface area contributed by atoms with E-state index in [1.807, 2.05) is 22.8 Å². The molecule has 1 aromatic heterocycles. The summed E-state index contributed by atoms with van der Waals surface area (Å²) < 4.78 is 2.02. The third-order valence-corrected chi connectivity index (χ3v) is 4.42. The second kappa shape index (κ2) is 4.77. The van der Waals surface area contributed by atoms with E-state index in [1.165, 1.54) is 12.8 Å². The molecule has 0 amide bonds. The van der Waals surface area contributed by atoms with Crippen LogP contribution in [0.1, 0.15) is 49.9 Å². The molecule has 1 aromatic carbocycles. The average Bonchev–Trinajstić information content (AvgIpc) is 3.37. The van der Waals surface area contributed by atoms with E-state index in [-0.39, 0.29) is 5.56 Å². The standard InChI is InChI=1S/C19H19NO/c1-2-16-12-15-5-3-4-14(9-8-13-6-7-13)18(15)19(21)20(16)17-10-11-17/h3-5,12-13,17H,2,6-7,10-11H2,1H3. The van der Waals surface area contributed by atoms with E-state index < -0.39 is 0 Å². The maximum absolute atomic E-state index is 13.0. The molecule has 0 bridgehead atoms. The van der Waals surface area contributed by atoms with Gasteiger partial charge in [-0.25, -0.2) is 0 Å². The van der Waals surface area contributed by atoms with Crippen LogP contribution in [0.2, 0.25) is 0 Å². The molecular formula is C19H19NO. The van der Waals surface area contributed by atoms with Gasteiger partial charge in [-0.15, -0.1) is 0 Å². The van der Waals surface area contributed by atoms with Gasteiger partial charge in [0.15, 0.2) is 0 Å². The first-order valence-electron chi connectivity index (χ1n) is 7.96. The number of fused-ring (bicyclic) bond motifs is 1. The van der Waals surface area contributed by atoms with Crippen LogP contribution < -0.4 is 5.56 Å². The molecule has 2 aliphatic rings. The minimum absolute atomic E-state index is 0.160. The second-order valence-corrected chi connectivity index (χ2v) is 6.21. The summed E-state index contributed by atoms with van der Waals surface area (Å²) in [5.74, 6) is 7.09. The summed E-state index contributed by atoms with van der Waals surface area (Å²) in [7, 11) is 0. The van der Waals surface area contributed by atoms with Crippen molar-refractivity contribution in [3.8, 4) is 11.8 Å². The Morgan fingerprint density at radius 1 is 1.24 bits per heavy atom. The summed E-state index contributed by atoms with van der Waals surface area (Å²) in [6.45, 7) is 2.12. The molecule has 0 aliphatic heterocycles. The molecule has 2 saturated carbocycles. The highest BCUT2D eigenvalue weighted by atomic mass is 16.1. The number of aryl methyl sites for hydroxylation is 1. The molecule has 0 saturated heterocycles. The summed E-state index contributed by atoms with van der Waals surface area (Å²) in [5, 5.41) is 1.85. The molecule has 106 valence electrons. The predicted molar refractivity (Wildman–Crippen MR) is 85.5 cm³/mol. The van der Waals surface area contributed by atoms with Gasteiger partial charge in [-0.05, 0) is 49.6 Å². The van der Waals surface area contributed by atoms with Gasteiger partial charge in [0.25, 0.3) is 5.56 Å². The molecule has 2 aliphatic carbocycles. The summed E-state index contributed by atoms with van der Waals surface area (Å²) in [6, 6.07) is 8.63. The van der Waals surface area contributed by atoms with Crippen LogP contribution in [0.15, 0.2) is 29.1 Å². The van der Waals surface area contributed by atoms with Crippen molar-refractivity contribution in [2.75, 3.05) is 0 Å². The summed E-state index contributed by atoms with van der Waals surface area (Å²) >= 11 is 0. The Kier molecular flexibility index (Phi) is 2.89. The van der Waals surface area contributed by atoms with Crippen LogP contribution in [-0.4, -0.2) is 4.57 Å². The van der Waals surface area contributed by atoms with E-state index in [0.29, 0.717) is 12.0 Å². The number of benzene rings is 1. The Hall–Kier alpha value is -2.01. The largest absolute Gasteiger partial charge is 0.309 e. The Morgan fingerprint density at radius 3 is 2.71 bits per heavy atom. The number of rotatable bonds is 2. The average molecular weight is 277 g/mol. The first-order chi connectivity index (χ1) is 10.3. The van der Waals surface area contributed by atoms with Crippen LogP contribution in [0, 0.1) is 17.8 Å². The van der Waals surface area contributed by atoms with E-state index in [0.717, 1.165) is 41.3 Å². The lowest BCUT2D eigenvalue weighted by Gasteiger charge is -2.13. The third-order valence-electron chi connectivity index (χ3n) is 4.42. The second-order valence-electron chi connectivity index (χ2n) is 6.21. The lowest BCUT2D eigenvalue weighted by atomic mass is 10.0. The number of hydrogen-bond donors (Lipinski definition) is 0. The first-order valence-corrected chi connectivity index (χ1v) is 7.96. The molecule has 1 heterocycles. The van der Waals surface area contributed by atoms with Gasteiger partial charge in [0, 0.05) is 23.2 Å². The van der Waals surface area contributed by atoms with Crippen LogP contribution in [0.5, 0.6) is 0 Å². The minimum atomic E-state index is 0.160. The fourth-order valence-corrected chi connectivity index (χ4v) is 2.95. The van der Waals surface area contributed by atoms with Crippen LogP contribution in [0.25, 0.3) is 10.8 Å². The maximum Gasteiger partial charge on any atom is 0.260 e. The molecule has 0 N–H and O–H groups in total. The molecule has 0 spiro atoms. The molecule has 4 rings (SSSR count). The molecule has 21 heavy (non-hydrogen) atoms. The third kappa shape index (κ3) is 2.27. The summed E-state index contributed by atoms with van der Waals surface area (Å²) in [5.41, 5.74) is 2.22. The minimum Gasteiger partial charge on any atom is -0.309 e. The van der Waals surface area contributed by atoms with E-state index in [1.54, 1.807) is 0 Å². The van der Waals surface area contributed by atoms with Crippen LogP contribution in [-0.2, 0) is 6.42 Å². The van der Waals surface area contributed by atoms with E-state index in [2.05, 4.69) is 24.8 Å². The monoisotopic (exact) mass is 277 g/mol. The predicted octanol–water partition coefficient (Wildman–Crippen LogP) is 3.66. The Bertz CT molecular complexity index is 826. The highest BCUT2D eigenvalue weighted by molar-refractivity contribution is 5.87. The van der Waals surface area contributed by atoms with Crippen molar-refractivity contribution in [1.82, 2.24) is 4.57 Å². The van der Waals surface area contributed by atoms with Gasteiger partial charge in [0.2, 0.25) is 0 Å². The van der Waals surface area contributed by atoms with Crippen molar-refractivity contribution in [3.05, 3.63) is 45.9 Å². The highest BCUT2D eigenvalue weighted by Gasteiger charge is 2.27. The van der Waals surface area contributed by atoms with E-state index in [4.69, 9.17) is 0 Å². The van der Waals surface area contributed by atoms with Crippen molar-refractivity contribution in [1.29, 1.82) is 0 Å². The van der Waals surface area contributed by atoms with Crippen LogP contribution in [0.4, 0.5) is 0 Å². The number of aromatic nitrogens is 1. The van der Waals surface area contributed by atoms with Gasteiger partial charge >= 0.3 is 0 Å². The lowest BCUT2D eigenvalue weighted by Crippen LogP contribution is -2.23. The normalized spacial score (nSPS) is 17.6.